The van der Waals surface area contributed by atoms with Crippen LogP contribution in [0.5, 0.6) is 0 Å². The Labute approximate surface area is 157 Å². The van der Waals surface area contributed by atoms with Crippen molar-refractivity contribution in [2.45, 2.75) is 56.9 Å². The third-order valence-electron chi connectivity index (χ3n) is 5.60. The van der Waals surface area contributed by atoms with Crippen molar-refractivity contribution < 1.29 is 14.3 Å². The maximum Gasteiger partial charge on any atom is 0.305 e. The molecule has 2 aliphatic rings. The second-order valence-electron chi connectivity index (χ2n) is 7.27. The Bertz CT molecular complexity index is 444. The SMILES string of the molecule is CN=C(NCCCCC(=O)OC)NCC1(N2CCOCC2)CCCCC1. The number of hydrogen-bond acceptors (Lipinski definition) is 5. The summed E-state index contributed by atoms with van der Waals surface area (Å²) in [5, 5.41) is 6.92. The molecule has 0 unspecified atom stereocenters. The van der Waals surface area contributed by atoms with Crippen molar-refractivity contribution in [3.05, 3.63) is 0 Å². The Morgan fingerprint density at radius 3 is 2.54 bits per heavy atom. The Balaban J connectivity index is 1.77. The van der Waals surface area contributed by atoms with Gasteiger partial charge in [-0.1, -0.05) is 19.3 Å². The van der Waals surface area contributed by atoms with E-state index in [1.165, 1.54) is 39.2 Å². The summed E-state index contributed by atoms with van der Waals surface area (Å²) in [7, 11) is 3.24. The average Bonchev–Trinajstić information content (AvgIpc) is 2.71. The number of aliphatic imine (C=N–C) groups is 1. The van der Waals surface area contributed by atoms with Crippen LogP contribution in [-0.2, 0) is 14.3 Å². The normalized spacial score (nSPS) is 21.2. The van der Waals surface area contributed by atoms with Gasteiger partial charge in [0.2, 0.25) is 0 Å². The Hall–Kier alpha value is -1.34. The van der Waals surface area contributed by atoms with E-state index in [2.05, 4.69) is 25.3 Å². The summed E-state index contributed by atoms with van der Waals surface area (Å²) < 4.78 is 10.2. The average molecular weight is 369 g/mol. The number of nitrogens with one attached hydrogen (secondary N) is 2. The van der Waals surface area contributed by atoms with Crippen molar-refractivity contribution >= 4 is 11.9 Å². The van der Waals surface area contributed by atoms with Gasteiger partial charge in [-0.2, -0.15) is 0 Å². The van der Waals surface area contributed by atoms with Crippen molar-refractivity contribution in [3.63, 3.8) is 0 Å². The first-order chi connectivity index (χ1) is 12.7. The number of ether oxygens (including phenoxy) is 2. The fourth-order valence-electron chi connectivity index (χ4n) is 4.02. The minimum Gasteiger partial charge on any atom is -0.469 e. The molecule has 7 nitrogen and oxygen atoms in total. The van der Waals surface area contributed by atoms with Gasteiger partial charge in [-0.25, -0.2) is 0 Å². The van der Waals surface area contributed by atoms with Crippen LogP contribution >= 0.6 is 0 Å². The van der Waals surface area contributed by atoms with E-state index in [1.54, 1.807) is 0 Å². The van der Waals surface area contributed by atoms with Crippen LogP contribution in [0.3, 0.4) is 0 Å². The summed E-state index contributed by atoms with van der Waals surface area (Å²) in [4.78, 5) is 18.1. The number of carbonyl (C=O) groups excluding carboxylic acids is 1. The molecule has 0 aromatic heterocycles. The third-order valence-corrected chi connectivity index (χ3v) is 5.60. The van der Waals surface area contributed by atoms with Crippen molar-refractivity contribution in [3.8, 4) is 0 Å². The molecule has 7 heteroatoms. The van der Waals surface area contributed by atoms with Gasteiger partial charge in [-0.3, -0.25) is 14.7 Å². The van der Waals surface area contributed by atoms with E-state index in [0.717, 1.165) is 58.2 Å². The first-order valence-corrected chi connectivity index (χ1v) is 10.0. The van der Waals surface area contributed by atoms with Gasteiger partial charge in [0.15, 0.2) is 5.96 Å². The number of hydrogen-bond donors (Lipinski definition) is 2. The molecule has 0 aromatic rings. The highest BCUT2D eigenvalue weighted by Gasteiger charge is 2.38. The Morgan fingerprint density at radius 1 is 1.15 bits per heavy atom. The van der Waals surface area contributed by atoms with E-state index in [-0.39, 0.29) is 11.5 Å². The lowest BCUT2D eigenvalue weighted by Gasteiger charge is -2.48. The van der Waals surface area contributed by atoms with Crippen LogP contribution in [0.25, 0.3) is 0 Å². The monoisotopic (exact) mass is 368 g/mol. The highest BCUT2D eigenvalue weighted by molar-refractivity contribution is 5.79. The number of esters is 1. The zero-order chi connectivity index (χ0) is 18.7. The van der Waals surface area contributed by atoms with Gasteiger partial charge in [0.05, 0.1) is 20.3 Å². The maximum absolute atomic E-state index is 11.1. The Morgan fingerprint density at radius 2 is 1.88 bits per heavy atom. The number of carbonyl (C=O) groups is 1. The molecule has 1 saturated heterocycles. The number of nitrogens with zero attached hydrogens (tertiary/aromatic N) is 2. The summed E-state index contributed by atoms with van der Waals surface area (Å²) in [5.41, 5.74) is 0.227. The lowest BCUT2D eigenvalue weighted by Crippen LogP contribution is -2.60. The highest BCUT2D eigenvalue weighted by atomic mass is 16.5. The molecule has 0 atom stereocenters. The van der Waals surface area contributed by atoms with Crippen LogP contribution in [0.15, 0.2) is 4.99 Å². The predicted octanol–water partition coefficient (Wildman–Crippen LogP) is 1.53. The van der Waals surface area contributed by atoms with E-state index in [1.807, 2.05) is 7.05 Å². The molecule has 2 rings (SSSR count). The van der Waals surface area contributed by atoms with E-state index in [4.69, 9.17) is 4.74 Å². The fourth-order valence-corrected chi connectivity index (χ4v) is 4.02. The largest absolute Gasteiger partial charge is 0.469 e. The fraction of sp³-hybridized carbons (Fsp3) is 0.895. The van der Waals surface area contributed by atoms with Crippen LogP contribution in [0.2, 0.25) is 0 Å². The van der Waals surface area contributed by atoms with Crippen LogP contribution in [-0.4, -0.2) is 75.9 Å². The number of unbranched alkanes of at least 4 members (excludes halogenated alkanes) is 1. The lowest BCUT2D eigenvalue weighted by atomic mass is 9.80. The standard InChI is InChI=1S/C19H36N4O3/c1-20-18(21-11-7-4-8-17(24)25-2)22-16-19(9-5-3-6-10-19)23-12-14-26-15-13-23/h3-16H2,1-2H3,(H2,20,21,22). The Kier molecular flexibility index (Phi) is 9.18. The first-order valence-electron chi connectivity index (χ1n) is 10.0. The summed E-state index contributed by atoms with van der Waals surface area (Å²) in [6, 6.07) is 0. The van der Waals surface area contributed by atoms with Gasteiger partial charge in [0, 0.05) is 45.2 Å². The zero-order valence-electron chi connectivity index (χ0n) is 16.5. The summed E-state index contributed by atoms with van der Waals surface area (Å²) >= 11 is 0. The molecular formula is C19H36N4O3. The van der Waals surface area contributed by atoms with Gasteiger partial charge in [0.25, 0.3) is 0 Å². The van der Waals surface area contributed by atoms with Gasteiger partial charge >= 0.3 is 5.97 Å². The molecular weight excluding hydrogens is 332 g/mol. The zero-order valence-corrected chi connectivity index (χ0v) is 16.5. The molecule has 26 heavy (non-hydrogen) atoms. The second kappa shape index (κ2) is 11.4. The van der Waals surface area contributed by atoms with E-state index in [0.29, 0.717) is 6.42 Å². The van der Waals surface area contributed by atoms with E-state index in [9.17, 15) is 4.79 Å². The molecule has 0 spiro atoms. The first kappa shape index (κ1) is 21.0. The van der Waals surface area contributed by atoms with Crippen LogP contribution in [0.4, 0.5) is 0 Å². The molecule has 1 saturated carbocycles. The lowest BCUT2D eigenvalue weighted by molar-refractivity contribution is -0.140. The van der Waals surface area contributed by atoms with E-state index < -0.39 is 0 Å². The molecule has 150 valence electrons. The molecule has 1 heterocycles. The molecule has 0 amide bonds. The van der Waals surface area contributed by atoms with E-state index >= 15 is 0 Å². The van der Waals surface area contributed by atoms with Crippen molar-refractivity contribution in [1.82, 2.24) is 15.5 Å². The van der Waals surface area contributed by atoms with Gasteiger partial charge in [0.1, 0.15) is 0 Å². The second-order valence-corrected chi connectivity index (χ2v) is 7.27. The van der Waals surface area contributed by atoms with Crippen molar-refractivity contribution in [1.29, 1.82) is 0 Å². The third kappa shape index (κ3) is 6.43. The highest BCUT2D eigenvalue weighted by Crippen LogP contribution is 2.33. The molecule has 2 N–H and O–H groups in total. The van der Waals surface area contributed by atoms with Crippen LogP contribution in [0.1, 0.15) is 51.4 Å². The summed E-state index contributed by atoms with van der Waals surface area (Å²) in [6.45, 7) is 5.47. The number of guanidine groups is 1. The molecule has 0 aromatic carbocycles. The molecule has 1 aliphatic carbocycles. The van der Waals surface area contributed by atoms with Crippen molar-refractivity contribution in [2.75, 3.05) is 53.6 Å². The van der Waals surface area contributed by atoms with Crippen molar-refractivity contribution in [2.24, 2.45) is 4.99 Å². The molecule has 0 bridgehead atoms. The minimum absolute atomic E-state index is 0.141. The van der Waals surface area contributed by atoms with Gasteiger partial charge in [-0.15, -0.1) is 0 Å². The number of rotatable bonds is 8. The van der Waals surface area contributed by atoms with Crippen LogP contribution in [0, 0.1) is 0 Å². The summed E-state index contributed by atoms with van der Waals surface area (Å²) in [6.07, 6.45) is 8.67. The van der Waals surface area contributed by atoms with Crippen LogP contribution < -0.4 is 10.6 Å². The predicted molar refractivity (Wildman–Crippen MR) is 103 cm³/mol. The number of morpholine rings is 1. The molecule has 1 aliphatic heterocycles. The smallest absolute Gasteiger partial charge is 0.305 e. The summed E-state index contributed by atoms with van der Waals surface area (Å²) in [5.74, 6) is 0.707. The van der Waals surface area contributed by atoms with Gasteiger partial charge < -0.3 is 20.1 Å². The molecule has 2 fully saturated rings. The minimum atomic E-state index is -0.141. The quantitative estimate of drug-likeness (QED) is 0.293. The molecule has 0 radical (unpaired) electrons. The topological polar surface area (TPSA) is 75.2 Å². The number of methoxy groups -OCH3 is 1. The van der Waals surface area contributed by atoms with Gasteiger partial charge in [-0.05, 0) is 25.7 Å². The maximum atomic E-state index is 11.1.